The number of aryl methyl sites for hydroxylation is 1. The van der Waals surface area contributed by atoms with E-state index in [2.05, 4.69) is 6.92 Å². The summed E-state index contributed by atoms with van der Waals surface area (Å²) >= 11 is 0. The largest absolute Gasteiger partial charge is 0.490 e. The molecule has 134 valence electrons. The minimum absolute atomic E-state index is 0.00827. The fourth-order valence-corrected chi connectivity index (χ4v) is 2.45. The number of aliphatic hydroxyl groups is 2. The van der Waals surface area contributed by atoms with E-state index in [1.54, 1.807) is 24.3 Å². The molecule has 5 nitrogen and oxygen atoms in total. The number of carbonyl (C=O) groups excluding carboxylic acids is 1. The highest BCUT2D eigenvalue weighted by atomic mass is 16.5. The highest BCUT2D eigenvalue weighted by Gasteiger charge is 2.13. The normalized spacial score (nSPS) is 11.8. The summed E-state index contributed by atoms with van der Waals surface area (Å²) in [6, 6.07) is 14.4. The van der Waals surface area contributed by atoms with Gasteiger partial charge in [0, 0.05) is 0 Å². The molecule has 0 fully saturated rings. The molecule has 0 spiro atoms. The van der Waals surface area contributed by atoms with Crippen LogP contribution in [0.25, 0.3) is 0 Å². The molecule has 0 amide bonds. The molecular weight excluding hydrogens is 320 g/mol. The van der Waals surface area contributed by atoms with E-state index in [-0.39, 0.29) is 13.2 Å². The van der Waals surface area contributed by atoms with E-state index in [1.807, 2.05) is 24.3 Å². The first-order valence-corrected chi connectivity index (χ1v) is 8.40. The minimum atomic E-state index is -0.841. The topological polar surface area (TPSA) is 76.0 Å². The molecule has 5 heteroatoms. The van der Waals surface area contributed by atoms with Crippen molar-refractivity contribution in [2.24, 2.45) is 0 Å². The van der Waals surface area contributed by atoms with Crippen molar-refractivity contribution in [3.63, 3.8) is 0 Å². The second kappa shape index (κ2) is 9.81. The van der Waals surface area contributed by atoms with Crippen molar-refractivity contribution in [3.05, 3.63) is 59.7 Å². The predicted octanol–water partition coefficient (Wildman–Crippen LogP) is 2.63. The van der Waals surface area contributed by atoms with Gasteiger partial charge in [-0.1, -0.05) is 43.7 Å². The Balaban J connectivity index is 1.90. The Kier molecular flexibility index (Phi) is 7.44. The van der Waals surface area contributed by atoms with Crippen molar-refractivity contribution in [2.45, 2.75) is 25.9 Å². The third-order valence-corrected chi connectivity index (χ3v) is 3.69. The van der Waals surface area contributed by atoms with Gasteiger partial charge in [-0.05, 0) is 30.2 Å². The summed E-state index contributed by atoms with van der Waals surface area (Å²) in [5.74, 6) is 0.682. The summed E-state index contributed by atoms with van der Waals surface area (Å²) < 4.78 is 11.2. The molecule has 0 heterocycles. The van der Waals surface area contributed by atoms with Crippen LogP contribution in [-0.2, 0) is 6.42 Å². The van der Waals surface area contributed by atoms with Gasteiger partial charge in [0.05, 0.1) is 5.56 Å². The lowest BCUT2D eigenvalue weighted by Crippen LogP contribution is -2.25. The van der Waals surface area contributed by atoms with Gasteiger partial charge in [-0.15, -0.1) is 0 Å². The average molecular weight is 344 g/mol. The van der Waals surface area contributed by atoms with E-state index in [0.717, 1.165) is 24.2 Å². The van der Waals surface area contributed by atoms with Gasteiger partial charge in [-0.3, -0.25) is 4.79 Å². The van der Waals surface area contributed by atoms with Crippen LogP contribution in [0.3, 0.4) is 0 Å². The molecule has 0 aliphatic heterocycles. The summed E-state index contributed by atoms with van der Waals surface area (Å²) in [6.07, 6.45) is 1.09. The first-order chi connectivity index (χ1) is 12.2. The van der Waals surface area contributed by atoms with E-state index in [9.17, 15) is 9.90 Å². The van der Waals surface area contributed by atoms with Crippen LogP contribution in [0.15, 0.2) is 48.5 Å². The quantitative estimate of drug-likeness (QED) is 0.648. The van der Waals surface area contributed by atoms with Gasteiger partial charge in [0.1, 0.15) is 37.4 Å². The van der Waals surface area contributed by atoms with Gasteiger partial charge in [-0.2, -0.15) is 0 Å². The number of para-hydroxylation sites is 2. The standard InChI is InChI=1S/C20H24O5/c1-2-7-15-8-3-5-10-19(15)24-13-16(22)14-25-20-11-6-4-9-17(20)18(23)12-21/h3-6,8-11,16,21-22H,2,7,12-14H2,1H3. The molecule has 0 bridgehead atoms. The molecule has 0 aliphatic carbocycles. The Morgan fingerprint density at radius 1 is 1.00 bits per heavy atom. The van der Waals surface area contributed by atoms with E-state index < -0.39 is 18.5 Å². The first kappa shape index (κ1) is 19.0. The van der Waals surface area contributed by atoms with E-state index in [4.69, 9.17) is 14.6 Å². The second-order valence-electron chi connectivity index (χ2n) is 5.71. The zero-order valence-electron chi connectivity index (χ0n) is 14.4. The van der Waals surface area contributed by atoms with Crippen molar-refractivity contribution < 1.29 is 24.5 Å². The zero-order valence-corrected chi connectivity index (χ0v) is 14.4. The lowest BCUT2D eigenvalue weighted by atomic mass is 10.1. The van der Waals surface area contributed by atoms with Crippen LogP contribution in [0.5, 0.6) is 11.5 Å². The number of hydrogen-bond acceptors (Lipinski definition) is 5. The van der Waals surface area contributed by atoms with Gasteiger partial charge in [-0.25, -0.2) is 0 Å². The molecule has 1 unspecified atom stereocenters. The predicted molar refractivity (Wildman–Crippen MR) is 95.3 cm³/mol. The first-order valence-electron chi connectivity index (χ1n) is 8.40. The molecule has 25 heavy (non-hydrogen) atoms. The fraction of sp³-hybridized carbons (Fsp3) is 0.350. The van der Waals surface area contributed by atoms with Crippen molar-refractivity contribution in [3.8, 4) is 11.5 Å². The molecule has 0 radical (unpaired) electrons. The van der Waals surface area contributed by atoms with Gasteiger partial charge in [0.15, 0.2) is 5.78 Å². The molecule has 2 N–H and O–H groups in total. The van der Waals surface area contributed by atoms with E-state index >= 15 is 0 Å². The second-order valence-corrected chi connectivity index (χ2v) is 5.71. The Bertz CT molecular complexity index is 683. The number of benzene rings is 2. The van der Waals surface area contributed by atoms with Gasteiger partial charge >= 0.3 is 0 Å². The monoisotopic (exact) mass is 344 g/mol. The Hall–Kier alpha value is -2.37. The summed E-state index contributed by atoms with van der Waals surface area (Å²) in [5.41, 5.74) is 1.41. The lowest BCUT2D eigenvalue weighted by Gasteiger charge is -2.16. The number of Topliss-reactive ketones (excluding diaryl/α,β-unsaturated/α-hetero) is 1. The molecule has 0 saturated heterocycles. The molecule has 2 rings (SSSR count). The van der Waals surface area contributed by atoms with Crippen LogP contribution in [0.2, 0.25) is 0 Å². The van der Waals surface area contributed by atoms with Gasteiger partial charge < -0.3 is 19.7 Å². The van der Waals surface area contributed by atoms with Crippen molar-refractivity contribution in [1.29, 1.82) is 0 Å². The Morgan fingerprint density at radius 3 is 2.28 bits per heavy atom. The van der Waals surface area contributed by atoms with E-state index in [0.29, 0.717) is 11.3 Å². The number of hydrogen-bond donors (Lipinski definition) is 2. The molecule has 2 aromatic carbocycles. The van der Waals surface area contributed by atoms with Crippen LogP contribution in [0, 0.1) is 0 Å². The molecular formula is C20H24O5. The summed E-state index contributed by atoms with van der Waals surface area (Å²) in [7, 11) is 0. The SMILES string of the molecule is CCCc1ccccc1OCC(O)COc1ccccc1C(=O)CO. The highest BCUT2D eigenvalue weighted by Crippen LogP contribution is 2.21. The zero-order chi connectivity index (χ0) is 18.1. The van der Waals surface area contributed by atoms with Gasteiger partial charge in [0.25, 0.3) is 0 Å². The van der Waals surface area contributed by atoms with Crippen LogP contribution >= 0.6 is 0 Å². The van der Waals surface area contributed by atoms with Crippen LogP contribution in [-0.4, -0.2) is 41.9 Å². The maximum atomic E-state index is 11.7. The number of rotatable bonds is 10. The Morgan fingerprint density at radius 2 is 1.60 bits per heavy atom. The lowest BCUT2D eigenvalue weighted by molar-refractivity contribution is 0.0614. The Labute approximate surface area is 147 Å². The van der Waals surface area contributed by atoms with Crippen molar-refractivity contribution in [2.75, 3.05) is 19.8 Å². The molecule has 0 aliphatic rings. The van der Waals surface area contributed by atoms with Gasteiger partial charge in [0.2, 0.25) is 0 Å². The summed E-state index contributed by atoms with van der Waals surface area (Å²) in [6.45, 7) is 1.60. The maximum Gasteiger partial charge on any atom is 0.191 e. The van der Waals surface area contributed by atoms with Crippen LogP contribution in [0.1, 0.15) is 29.3 Å². The molecule has 2 aromatic rings. The van der Waals surface area contributed by atoms with E-state index in [1.165, 1.54) is 0 Å². The van der Waals surface area contributed by atoms with Crippen molar-refractivity contribution in [1.82, 2.24) is 0 Å². The molecule has 0 saturated carbocycles. The average Bonchev–Trinajstić information content (AvgIpc) is 2.65. The minimum Gasteiger partial charge on any atom is -0.490 e. The summed E-state index contributed by atoms with van der Waals surface area (Å²) in [4.78, 5) is 11.7. The third kappa shape index (κ3) is 5.59. The highest BCUT2D eigenvalue weighted by molar-refractivity contribution is 5.99. The van der Waals surface area contributed by atoms with Crippen LogP contribution < -0.4 is 9.47 Å². The van der Waals surface area contributed by atoms with Crippen LogP contribution in [0.4, 0.5) is 0 Å². The molecule has 0 aromatic heterocycles. The number of carbonyl (C=O) groups is 1. The number of ether oxygens (including phenoxy) is 2. The smallest absolute Gasteiger partial charge is 0.191 e. The number of ketones is 1. The number of aliphatic hydroxyl groups excluding tert-OH is 2. The maximum absolute atomic E-state index is 11.7. The molecule has 1 atom stereocenters. The fourth-order valence-electron chi connectivity index (χ4n) is 2.45. The third-order valence-electron chi connectivity index (χ3n) is 3.69. The van der Waals surface area contributed by atoms with Crippen molar-refractivity contribution >= 4 is 5.78 Å². The summed E-state index contributed by atoms with van der Waals surface area (Å²) in [5, 5.41) is 19.1.